The zero-order valence-electron chi connectivity index (χ0n) is 14.9. The zero-order chi connectivity index (χ0) is 17.5. The molecule has 1 aliphatic heterocycles. The first-order valence-corrected chi connectivity index (χ1v) is 9.27. The summed E-state index contributed by atoms with van der Waals surface area (Å²) in [6.07, 6.45) is 7.85. The number of rotatable bonds is 6. The fraction of sp³-hybridized carbons (Fsp3) is 0.526. The van der Waals surface area contributed by atoms with E-state index in [9.17, 15) is 4.79 Å². The lowest BCUT2D eigenvalue weighted by atomic mass is 10.2. The van der Waals surface area contributed by atoms with Gasteiger partial charge in [0.1, 0.15) is 11.6 Å². The van der Waals surface area contributed by atoms with Crippen LogP contribution in [0.5, 0.6) is 0 Å². The maximum atomic E-state index is 11.7. The molecule has 1 aliphatic rings. The Morgan fingerprint density at radius 3 is 2.68 bits per heavy atom. The summed E-state index contributed by atoms with van der Waals surface area (Å²) in [4.78, 5) is 25.9. The Kier molecular flexibility index (Phi) is 6.17. The molecule has 0 unspecified atom stereocenters. The number of pyridine rings is 1. The number of H-pyrrole nitrogens is 1. The van der Waals surface area contributed by atoms with Crippen molar-refractivity contribution in [3.8, 4) is 11.4 Å². The molecule has 6 heteroatoms. The van der Waals surface area contributed by atoms with Crippen molar-refractivity contribution in [1.29, 1.82) is 0 Å². The quantitative estimate of drug-likeness (QED) is 0.845. The average molecular weight is 341 g/mol. The number of aromatic amines is 1. The second-order valence-corrected chi connectivity index (χ2v) is 6.55. The molecule has 0 bridgehead atoms. The molecule has 25 heavy (non-hydrogen) atoms. The average Bonchev–Trinajstić information content (AvgIpc) is 2.90. The molecule has 3 heterocycles. The molecule has 2 aromatic rings. The van der Waals surface area contributed by atoms with E-state index < -0.39 is 0 Å². The number of hydrogen-bond acceptors (Lipinski definition) is 5. The van der Waals surface area contributed by atoms with Gasteiger partial charge in [-0.15, -0.1) is 0 Å². The SMILES string of the molecule is CCc1cc(=O)[nH]c(-c2ccc(NCCN3CCCCCC3)nc2)n1. The Hall–Kier alpha value is -2.21. The van der Waals surface area contributed by atoms with Crippen LogP contribution in [0.25, 0.3) is 11.4 Å². The smallest absolute Gasteiger partial charge is 0.251 e. The van der Waals surface area contributed by atoms with Crippen LogP contribution < -0.4 is 10.9 Å². The summed E-state index contributed by atoms with van der Waals surface area (Å²) in [7, 11) is 0. The maximum absolute atomic E-state index is 11.7. The lowest BCUT2D eigenvalue weighted by molar-refractivity contribution is 0.296. The summed E-state index contributed by atoms with van der Waals surface area (Å²) in [5, 5.41) is 3.38. The highest BCUT2D eigenvalue weighted by Crippen LogP contribution is 2.15. The molecule has 134 valence electrons. The van der Waals surface area contributed by atoms with Gasteiger partial charge in [0.15, 0.2) is 0 Å². The lowest BCUT2D eigenvalue weighted by Crippen LogP contribution is -2.30. The molecule has 0 aromatic carbocycles. The van der Waals surface area contributed by atoms with Crippen LogP contribution in [0.2, 0.25) is 0 Å². The predicted octanol–water partition coefficient (Wildman–Crippen LogP) is 2.68. The molecule has 0 aliphatic carbocycles. The van der Waals surface area contributed by atoms with E-state index in [-0.39, 0.29) is 5.56 Å². The van der Waals surface area contributed by atoms with Crippen molar-refractivity contribution < 1.29 is 0 Å². The fourth-order valence-corrected chi connectivity index (χ4v) is 3.17. The zero-order valence-corrected chi connectivity index (χ0v) is 14.9. The van der Waals surface area contributed by atoms with Crippen LogP contribution >= 0.6 is 0 Å². The molecule has 1 saturated heterocycles. The monoisotopic (exact) mass is 341 g/mol. The van der Waals surface area contributed by atoms with Gasteiger partial charge in [-0.2, -0.15) is 0 Å². The van der Waals surface area contributed by atoms with Gasteiger partial charge in [-0.25, -0.2) is 9.97 Å². The Balaban J connectivity index is 1.57. The molecule has 1 fully saturated rings. The number of aromatic nitrogens is 3. The molecular formula is C19H27N5O. The minimum atomic E-state index is -0.124. The van der Waals surface area contributed by atoms with Crippen molar-refractivity contribution in [3.63, 3.8) is 0 Å². The van der Waals surface area contributed by atoms with Crippen LogP contribution in [0.4, 0.5) is 5.82 Å². The molecule has 0 radical (unpaired) electrons. The van der Waals surface area contributed by atoms with Gasteiger partial charge in [-0.3, -0.25) is 4.79 Å². The molecule has 2 aromatic heterocycles. The summed E-state index contributed by atoms with van der Waals surface area (Å²) in [5.41, 5.74) is 1.49. The van der Waals surface area contributed by atoms with Gasteiger partial charge in [0.05, 0.1) is 0 Å². The molecule has 0 saturated carbocycles. The van der Waals surface area contributed by atoms with E-state index >= 15 is 0 Å². The minimum Gasteiger partial charge on any atom is -0.369 e. The third-order valence-electron chi connectivity index (χ3n) is 4.63. The summed E-state index contributed by atoms with van der Waals surface area (Å²) in [6.45, 7) is 6.35. The molecule has 0 amide bonds. The number of hydrogen-bond donors (Lipinski definition) is 2. The molecule has 3 rings (SSSR count). The van der Waals surface area contributed by atoms with Crippen molar-refractivity contribution in [2.24, 2.45) is 0 Å². The third kappa shape index (κ3) is 5.13. The molecule has 2 N–H and O–H groups in total. The van der Waals surface area contributed by atoms with Crippen LogP contribution in [-0.4, -0.2) is 46.0 Å². The van der Waals surface area contributed by atoms with Crippen LogP contribution in [0.15, 0.2) is 29.2 Å². The molecule has 0 atom stereocenters. The topological polar surface area (TPSA) is 73.9 Å². The first-order valence-electron chi connectivity index (χ1n) is 9.27. The highest BCUT2D eigenvalue weighted by atomic mass is 16.1. The largest absolute Gasteiger partial charge is 0.369 e. The number of nitrogens with one attached hydrogen (secondary N) is 2. The number of aryl methyl sites for hydroxylation is 1. The van der Waals surface area contributed by atoms with Gasteiger partial charge in [-0.05, 0) is 44.5 Å². The first kappa shape index (κ1) is 17.6. The highest BCUT2D eigenvalue weighted by Gasteiger charge is 2.08. The van der Waals surface area contributed by atoms with E-state index in [0.717, 1.165) is 36.6 Å². The number of anilines is 1. The van der Waals surface area contributed by atoms with E-state index in [0.29, 0.717) is 5.82 Å². The van der Waals surface area contributed by atoms with E-state index in [1.807, 2.05) is 19.1 Å². The Bertz CT molecular complexity index is 717. The van der Waals surface area contributed by atoms with Crippen molar-refractivity contribution in [2.45, 2.75) is 39.0 Å². The molecule has 6 nitrogen and oxygen atoms in total. The van der Waals surface area contributed by atoms with Gasteiger partial charge in [0, 0.05) is 36.6 Å². The number of nitrogens with zero attached hydrogens (tertiary/aromatic N) is 3. The highest BCUT2D eigenvalue weighted by molar-refractivity contribution is 5.55. The second-order valence-electron chi connectivity index (χ2n) is 6.55. The van der Waals surface area contributed by atoms with Crippen LogP contribution in [0, 0.1) is 0 Å². The van der Waals surface area contributed by atoms with Gasteiger partial charge in [-0.1, -0.05) is 19.8 Å². The van der Waals surface area contributed by atoms with Crippen LogP contribution in [-0.2, 0) is 6.42 Å². The van der Waals surface area contributed by atoms with Gasteiger partial charge >= 0.3 is 0 Å². The van der Waals surface area contributed by atoms with Crippen molar-refractivity contribution in [3.05, 3.63) is 40.4 Å². The summed E-state index contributed by atoms with van der Waals surface area (Å²) >= 11 is 0. The fourth-order valence-electron chi connectivity index (χ4n) is 3.17. The standard InChI is InChI=1S/C19H27N5O/c1-2-16-13-18(25)23-19(22-16)15-7-8-17(21-14-15)20-9-12-24-10-5-3-4-6-11-24/h7-8,13-14H,2-6,9-12H2,1H3,(H,20,21)(H,22,23,25). The summed E-state index contributed by atoms with van der Waals surface area (Å²) in [6, 6.07) is 5.42. The summed E-state index contributed by atoms with van der Waals surface area (Å²) < 4.78 is 0. The van der Waals surface area contributed by atoms with E-state index in [1.165, 1.54) is 44.8 Å². The molecule has 0 spiro atoms. The van der Waals surface area contributed by atoms with Crippen LogP contribution in [0.1, 0.15) is 38.3 Å². The Morgan fingerprint density at radius 1 is 1.20 bits per heavy atom. The lowest BCUT2D eigenvalue weighted by Gasteiger charge is -2.19. The van der Waals surface area contributed by atoms with Gasteiger partial charge in [0.25, 0.3) is 5.56 Å². The van der Waals surface area contributed by atoms with Gasteiger partial charge < -0.3 is 15.2 Å². The van der Waals surface area contributed by atoms with E-state index in [1.54, 1.807) is 6.20 Å². The third-order valence-corrected chi connectivity index (χ3v) is 4.63. The van der Waals surface area contributed by atoms with Gasteiger partial charge in [0.2, 0.25) is 0 Å². The van der Waals surface area contributed by atoms with Crippen molar-refractivity contribution >= 4 is 5.82 Å². The predicted molar refractivity (Wildman–Crippen MR) is 101 cm³/mol. The normalized spacial score (nSPS) is 15.7. The second kappa shape index (κ2) is 8.76. The Morgan fingerprint density at radius 2 is 2.00 bits per heavy atom. The number of likely N-dealkylation sites (tertiary alicyclic amines) is 1. The first-order chi connectivity index (χ1) is 12.2. The van der Waals surface area contributed by atoms with Crippen LogP contribution in [0.3, 0.4) is 0 Å². The van der Waals surface area contributed by atoms with Crippen molar-refractivity contribution in [2.75, 3.05) is 31.5 Å². The maximum Gasteiger partial charge on any atom is 0.251 e. The van der Waals surface area contributed by atoms with E-state index in [4.69, 9.17) is 0 Å². The summed E-state index contributed by atoms with van der Waals surface area (Å²) in [5.74, 6) is 1.43. The minimum absolute atomic E-state index is 0.124. The van der Waals surface area contributed by atoms with E-state index in [2.05, 4.69) is 25.2 Å². The molecular weight excluding hydrogens is 314 g/mol. The van der Waals surface area contributed by atoms with Crippen molar-refractivity contribution in [1.82, 2.24) is 19.9 Å². The Labute approximate surface area is 148 Å².